The number of benzene rings is 1. The normalized spacial score (nSPS) is 10.6. The minimum Gasteiger partial charge on any atom is -0.497 e. The summed E-state index contributed by atoms with van der Waals surface area (Å²) < 4.78 is 10.2. The molecule has 0 saturated heterocycles. The molecule has 0 bridgehead atoms. The molecular weight excluding hydrogens is 192 g/mol. The average Bonchev–Trinajstić information content (AvgIpc) is 2.25. The van der Waals surface area contributed by atoms with Gasteiger partial charge in [0.25, 0.3) is 0 Å². The maximum absolute atomic E-state index is 11.5. The quantitative estimate of drug-likeness (QED) is 0.716. The zero-order chi connectivity index (χ0) is 11.0. The maximum Gasteiger partial charge on any atom is 0.343 e. The Morgan fingerprint density at radius 2 is 1.93 bits per heavy atom. The summed E-state index contributed by atoms with van der Waals surface area (Å²) in [6.07, 6.45) is 0. The van der Waals surface area contributed by atoms with Crippen LogP contribution in [-0.4, -0.2) is 7.11 Å². The van der Waals surface area contributed by atoms with Crippen LogP contribution in [0.4, 0.5) is 0 Å². The van der Waals surface area contributed by atoms with E-state index in [1.807, 2.05) is 13.0 Å². The molecule has 0 fully saturated rings. The number of ether oxygens (including phenoxy) is 1. The molecule has 0 N–H and O–H groups in total. The molecular formula is C12H12O3. The van der Waals surface area contributed by atoms with Crippen molar-refractivity contribution in [2.45, 2.75) is 13.8 Å². The van der Waals surface area contributed by atoms with Crippen molar-refractivity contribution in [2.75, 3.05) is 7.11 Å². The lowest BCUT2D eigenvalue weighted by Gasteiger charge is -2.05. The van der Waals surface area contributed by atoms with Gasteiger partial charge in [0, 0.05) is 0 Å². The first kappa shape index (κ1) is 9.77. The van der Waals surface area contributed by atoms with E-state index in [1.54, 1.807) is 26.2 Å². The van der Waals surface area contributed by atoms with E-state index in [0.717, 1.165) is 16.7 Å². The van der Waals surface area contributed by atoms with E-state index in [9.17, 15) is 4.79 Å². The van der Waals surface area contributed by atoms with Crippen LogP contribution < -0.4 is 10.4 Å². The summed E-state index contributed by atoms with van der Waals surface area (Å²) in [6.45, 7) is 3.72. The Labute approximate surface area is 87.3 Å². The molecule has 1 heterocycles. The second-order valence-electron chi connectivity index (χ2n) is 3.48. The molecule has 0 atom stereocenters. The maximum atomic E-state index is 11.5. The molecule has 0 amide bonds. The highest BCUT2D eigenvalue weighted by Gasteiger charge is 2.07. The van der Waals surface area contributed by atoms with Crippen molar-refractivity contribution in [3.05, 3.63) is 39.9 Å². The van der Waals surface area contributed by atoms with E-state index >= 15 is 0 Å². The van der Waals surface area contributed by atoms with E-state index in [1.165, 1.54) is 0 Å². The Balaban J connectivity index is 2.91. The third kappa shape index (κ3) is 1.50. The molecule has 2 rings (SSSR count). The van der Waals surface area contributed by atoms with Gasteiger partial charge in [-0.3, -0.25) is 0 Å². The minimum atomic E-state index is -0.296. The van der Waals surface area contributed by atoms with Gasteiger partial charge < -0.3 is 9.15 Å². The summed E-state index contributed by atoms with van der Waals surface area (Å²) in [4.78, 5) is 11.5. The Morgan fingerprint density at radius 3 is 2.60 bits per heavy atom. The van der Waals surface area contributed by atoms with Gasteiger partial charge in [0.15, 0.2) is 0 Å². The first-order valence-electron chi connectivity index (χ1n) is 4.71. The monoisotopic (exact) mass is 204 g/mol. The summed E-state index contributed by atoms with van der Waals surface area (Å²) in [5.41, 5.74) is 0.680. The average molecular weight is 204 g/mol. The second kappa shape index (κ2) is 3.42. The predicted octanol–water partition coefficient (Wildman–Crippen LogP) is 2.42. The Morgan fingerprint density at radius 1 is 1.20 bits per heavy atom. The van der Waals surface area contributed by atoms with E-state index in [4.69, 9.17) is 9.15 Å². The molecule has 1 aromatic heterocycles. The highest BCUT2D eigenvalue weighted by Crippen LogP contribution is 2.22. The van der Waals surface area contributed by atoms with Gasteiger partial charge in [-0.05, 0) is 43.0 Å². The summed E-state index contributed by atoms with van der Waals surface area (Å²) in [5, 5.41) is 1.49. The van der Waals surface area contributed by atoms with Crippen LogP contribution in [0.15, 0.2) is 27.4 Å². The first-order chi connectivity index (χ1) is 7.13. The highest BCUT2D eigenvalue weighted by atomic mass is 16.5. The van der Waals surface area contributed by atoms with Crippen molar-refractivity contribution >= 4 is 10.8 Å². The lowest BCUT2D eigenvalue weighted by atomic mass is 10.1. The van der Waals surface area contributed by atoms with Crippen molar-refractivity contribution in [1.29, 1.82) is 0 Å². The molecule has 0 radical (unpaired) electrons. The fourth-order valence-corrected chi connectivity index (χ4v) is 1.60. The van der Waals surface area contributed by atoms with Crippen molar-refractivity contribution < 1.29 is 9.15 Å². The Bertz CT molecular complexity index is 567. The fraction of sp³-hybridized carbons (Fsp3) is 0.250. The number of methoxy groups -OCH3 is 1. The van der Waals surface area contributed by atoms with Gasteiger partial charge in [-0.15, -0.1) is 0 Å². The van der Waals surface area contributed by atoms with Crippen LogP contribution >= 0.6 is 0 Å². The van der Waals surface area contributed by atoms with E-state index in [2.05, 4.69) is 0 Å². The number of aryl methyl sites for hydroxylation is 2. The van der Waals surface area contributed by atoms with E-state index in [0.29, 0.717) is 11.1 Å². The molecule has 0 aliphatic rings. The third-order valence-electron chi connectivity index (χ3n) is 2.62. The molecule has 1 aromatic carbocycles. The molecule has 0 unspecified atom stereocenters. The smallest absolute Gasteiger partial charge is 0.343 e. The lowest BCUT2D eigenvalue weighted by Crippen LogP contribution is -2.02. The van der Waals surface area contributed by atoms with Crippen LogP contribution in [-0.2, 0) is 0 Å². The van der Waals surface area contributed by atoms with Gasteiger partial charge in [0.05, 0.1) is 12.5 Å². The third-order valence-corrected chi connectivity index (χ3v) is 2.62. The van der Waals surface area contributed by atoms with Crippen molar-refractivity contribution in [3.8, 4) is 5.75 Å². The van der Waals surface area contributed by atoms with Crippen molar-refractivity contribution in [3.63, 3.8) is 0 Å². The first-order valence-corrected chi connectivity index (χ1v) is 4.71. The molecule has 0 saturated carbocycles. The minimum absolute atomic E-state index is 0.296. The van der Waals surface area contributed by atoms with Gasteiger partial charge in [0.1, 0.15) is 11.5 Å². The SMILES string of the molecule is COc1ccc2c(=O)oc(C)c(C)c2c1. The van der Waals surface area contributed by atoms with Crippen LogP contribution in [0.1, 0.15) is 11.3 Å². The highest BCUT2D eigenvalue weighted by molar-refractivity contribution is 5.85. The predicted molar refractivity (Wildman–Crippen MR) is 58.5 cm³/mol. The summed E-state index contributed by atoms with van der Waals surface area (Å²) in [6, 6.07) is 5.34. The van der Waals surface area contributed by atoms with E-state index < -0.39 is 0 Å². The summed E-state index contributed by atoms with van der Waals surface area (Å²) in [7, 11) is 1.61. The molecule has 0 aliphatic heterocycles. The Kier molecular flexibility index (Phi) is 2.23. The van der Waals surface area contributed by atoms with Crippen LogP contribution in [0.3, 0.4) is 0 Å². The topological polar surface area (TPSA) is 39.4 Å². The fourth-order valence-electron chi connectivity index (χ4n) is 1.60. The van der Waals surface area contributed by atoms with Crippen LogP contribution in [0, 0.1) is 13.8 Å². The summed E-state index contributed by atoms with van der Waals surface area (Å²) in [5.74, 6) is 1.40. The van der Waals surface area contributed by atoms with Crippen molar-refractivity contribution in [1.82, 2.24) is 0 Å². The number of hydrogen-bond donors (Lipinski definition) is 0. The standard InChI is InChI=1S/C12H12O3/c1-7-8(2)15-12(13)10-5-4-9(14-3)6-11(7)10/h4-6H,1-3H3. The summed E-state index contributed by atoms with van der Waals surface area (Å²) >= 11 is 0. The zero-order valence-electron chi connectivity index (χ0n) is 8.96. The molecule has 3 heteroatoms. The van der Waals surface area contributed by atoms with E-state index in [-0.39, 0.29) is 5.63 Å². The number of rotatable bonds is 1. The number of fused-ring (bicyclic) bond motifs is 1. The van der Waals surface area contributed by atoms with Crippen LogP contribution in [0.5, 0.6) is 5.75 Å². The molecule has 3 nitrogen and oxygen atoms in total. The van der Waals surface area contributed by atoms with Crippen LogP contribution in [0.2, 0.25) is 0 Å². The molecule has 2 aromatic rings. The van der Waals surface area contributed by atoms with Gasteiger partial charge in [0.2, 0.25) is 0 Å². The second-order valence-corrected chi connectivity index (χ2v) is 3.48. The van der Waals surface area contributed by atoms with Gasteiger partial charge >= 0.3 is 5.63 Å². The lowest BCUT2D eigenvalue weighted by molar-refractivity contribution is 0.415. The van der Waals surface area contributed by atoms with Gasteiger partial charge in [-0.25, -0.2) is 4.79 Å². The number of hydrogen-bond acceptors (Lipinski definition) is 3. The molecule has 0 spiro atoms. The molecule has 0 aliphatic carbocycles. The molecule has 78 valence electrons. The molecule has 15 heavy (non-hydrogen) atoms. The Hall–Kier alpha value is -1.77. The zero-order valence-corrected chi connectivity index (χ0v) is 8.96. The van der Waals surface area contributed by atoms with Gasteiger partial charge in [-0.1, -0.05) is 0 Å². The van der Waals surface area contributed by atoms with Crippen molar-refractivity contribution in [2.24, 2.45) is 0 Å². The van der Waals surface area contributed by atoms with Crippen LogP contribution in [0.25, 0.3) is 10.8 Å². The van der Waals surface area contributed by atoms with Gasteiger partial charge in [-0.2, -0.15) is 0 Å². The largest absolute Gasteiger partial charge is 0.497 e.